The van der Waals surface area contributed by atoms with E-state index < -0.39 is 0 Å². The van der Waals surface area contributed by atoms with Crippen molar-refractivity contribution >= 4 is 27.5 Å². The van der Waals surface area contributed by atoms with Gasteiger partial charge in [0.05, 0.1) is 4.47 Å². The van der Waals surface area contributed by atoms with Crippen molar-refractivity contribution in [2.24, 2.45) is 0 Å². The Labute approximate surface area is 115 Å². The second kappa shape index (κ2) is 5.56. The molecule has 0 aliphatic carbocycles. The third kappa shape index (κ3) is 3.24. The standard InChI is InChI=1S/C14H12BrClO/c1-10-2-5-12(6-3-10)17-14-7-4-11(9-16)8-13(14)15/h2-8H,9H2,1H3. The molecule has 0 N–H and O–H groups in total. The molecule has 0 aliphatic rings. The lowest BCUT2D eigenvalue weighted by Gasteiger charge is -2.08. The quantitative estimate of drug-likeness (QED) is 0.700. The first kappa shape index (κ1) is 12.5. The van der Waals surface area contributed by atoms with Crippen LogP contribution in [0.25, 0.3) is 0 Å². The summed E-state index contributed by atoms with van der Waals surface area (Å²) in [7, 11) is 0. The van der Waals surface area contributed by atoms with Gasteiger partial charge in [0.15, 0.2) is 0 Å². The Morgan fingerprint density at radius 1 is 1.12 bits per heavy atom. The molecule has 0 heterocycles. The zero-order valence-corrected chi connectivity index (χ0v) is 11.8. The average Bonchev–Trinajstić information content (AvgIpc) is 2.34. The van der Waals surface area contributed by atoms with Crippen LogP contribution in [0.3, 0.4) is 0 Å². The van der Waals surface area contributed by atoms with Crippen LogP contribution in [-0.2, 0) is 5.88 Å². The summed E-state index contributed by atoms with van der Waals surface area (Å²) in [6, 6.07) is 13.8. The van der Waals surface area contributed by atoms with Crippen molar-refractivity contribution in [3.63, 3.8) is 0 Å². The molecule has 2 rings (SSSR count). The summed E-state index contributed by atoms with van der Waals surface area (Å²) in [4.78, 5) is 0. The minimum atomic E-state index is 0.503. The van der Waals surface area contributed by atoms with E-state index in [9.17, 15) is 0 Å². The van der Waals surface area contributed by atoms with Gasteiger partial charge < -0.3 is 4.74 Å². The van der Waals surface area contributed by atoms with Gasteiger partial charge in [0.1, 0.15) is 11.5 Å². The van der Waals surface area contributed by atoms with Crippen molar-refractivity contribution in [1.29, 1.82) is 0 Å². The molecule has 0 bridgehead atoms. The molecule has 0 unspecified atom stereocenters. The Balaban J connectivity index is 2.21. The van der Waals surface area contributed by atoms with Gasteiger partial charge in [0.2, 0.25) is 0 Å². The van der Waals surface area contributed by atoms with Crippen molar-refractivity contribution in [3.05, 3.63) is 58.1 Å². The van der Waals surface area contributed by atoms with Crippen LogP contribution in [0.2, 0.25) is 0 Å². The Kier molecular flexibility index (Phi) is 4.08. The van der Waals surface area contributed by atoms with E-state index in [1.807, 2.05) is 42.5 Å². The molecule has 2 aromatic carbocycles. The predicted molar refractivity (Wildman–Crippen MR) is 75.0 cm³/mol. The van der Waals surface area contributed by atoms with Crippen LogP contribution < -0.4 is 4.74 Å². The lowest BCUT2D eigenvalue weighted by atomic mass is 10.2. The largest absolute Gasteiger partial charge is 0.456 e. The third-order valence-electron chi connectivity index (χ3n) is 2.40. The van der Waals surface area contributed by atoms with E-state index in [1.165, 1.54) is 5.56 Å². The average molecular weight is 312 g/mol. The van der Waals surface area contributed by atoms with E-state index >= 15 is 0 Å². The SMILES string of the molecule is Cc1ccc(Oc2ccc(CCl)cc2Br)cc1. The first-order chi connectivity index (χ1) is 8.19. The van der Waals surface area contributed by atoms with Crippen molar-refractivity contribution < 1.29 is 4.74 Å². The second-order valence-electron chi connectivity index (χ2n) is 3.81. The topological polar surface area (TPSA) is 9.23 Å². The summed E-state index contributed by atoms with van der Waals surface area (Å²) in [6.07, 6.45) is 0. The molecule has 0 radical (unpaired) electrons. The maximum Gasteiger partial charge on any atom is 0.141 e. The molecule has 1 nitrogen and oxygen atoms in total. The number of halogens is 2. The maximum absolute atomic E-state index is 5.77. The smallest absolute Gasteiger partial charge is 0.141 e. The lowest BCUT2D eigenvalue weighted by Crippen LogP contribution is -1.87. The lowest BCUT2D eigenvalue weighted by molar-refractivity contribution is 0.479. The zero-order valence-electron chi connectivity index (χ0n) is 9.41. The van der Waals surface area contributed by atoms with Crippen LogP contribution in [0.15, 0.2) is 46.9 Å². The third-order valence-corrected chi connectivity index (χ3v) is 3.33. The molecular weight excluding hydrogens is 300 g/mol. The Hall–Kier alpha value is -0.990. The van der Waals surface area contributed by atoms with Gasteiger partial charge in [-0.1, -0.05) is 23.8 Å². The van der Waals surface area contributed by atoms with Crippen LogP contribution in [-0.4, -0.2) is 0 Å². The van der Waals surface area contributed by atoms with Gasteiger partial charge in [-0.25, -0.2) is 0 Å². The predicted octanol–water partition coefficient (Wildman–Crippen LogP) is 5.29. The minimum absolute atomic E-state index is 0.503. The molecule has 0 aromatic heterocycles. The van der Waals surface area contributed by atoms with Gasteiger partial charge in [0, 0.05) is 5.88 Å². The van der Waals surface area contributed by atoms with E-state index in [2.05, 4.69) is 22.9 Å². The van der Waals surface area contributed by atoms with E-state index in [0.717, 1.165) is 21.5 Å². The van der Waals surface area contributed by atoms with Crippen LogP contribution in [0.4, 0.5) is 0 Å². The molecule has 17 heavy (non-hydrogen) atoms. The molecular formula is C14H12BrClO. The molecule has 0 fully saturated rings. The highest BCUT2D eigenvalue weighted by Gasteiger charge is 2.03. The highest BCUT2D eigenvalue weighted by Crippen LogP contribution is 2.30. The summed E-state index contributed by atoms with van der Waals surface area (Å²) in [5.41, 5.74) is 2.28. The molecule has 0 aliphatic heterocycles. The van der Waals surface area contributed by atoms with E-state index in [1.54, 1.807) is 0 Å². The number of hydrogen-bond donors (Lipinski definition) is 0. The Morgan fingerprint density at radius 2 is 1.82 bits per heavy atom. The number of aryl methyl sites for hydroxylation is 1. The number of ether oxygens (including phenoxy) is 1. The Morgan fingerprint density at radius 3 is 2.41 bits per heavy atom. The second-order valence-corrected chi connectivity index (χ2v) is 4.94. The molecule has 0 saturated carbocycles. The first-order valence-electron chi connectivity index (χ1n) is 5.28. The molecule has 0 saturated heterocycles. The van der Waals surface area contributed by atoms with E-state index in [-0.39, 0.29) is 0 Å². The van der Waals surface area contributed by atoms with Gasteiger partial charge in [-0.15, -0.1) is 11.6 Å². The van der Waals surface area contributed by atoms with Crippen molar-refractivity contribution in [2.75, 3.05) is 0 Å². The van der Waals surface area contributed by atoms with Gasteiger partial charge in [0.25, 0.3) is 0 Å². The van der Waals surface area contributed by atoms with Gasteiger partial charge in [-0.05, 0) is 52.7 Å². The highest BCUT2D eigenvalue weighted by molar-refractivity contribution is 9.10. The fourth-order valence-electron chi connectivity index (χ4n) is 1.44. The summed E-state index contributed by atoms with van der Waals surface area (Å²) >= 11 is 9.24. The molecule has 3 heteroatoms. The van der Waals surface area contributed by atoms with Gasteiger partial charge >= 0.3 is 0 Å². The van der Waals surface area contributed by atoms with Crippen LogP contribution in [0.5, 0.6) is 11.5 Å². The van der Waals surface area contributed by atoms with Crippen molar-refractivity contribution in [3.8, 4) is 11.5 Å². The summed E-state index contributed by atoms with van der Waals surface area (Å²) in [5.74, 6) is 2.13. The first-order valence-corrected chi connectivity index (χ1v) is 6.60. The normalized spacial score (nSPS) is 10.3. The maximum atomic E-state index is 5.77. The van der Waals surface area contributed by atoms with Crippen molar-refractivity contribution in [2.45, 2.75) is 12.8 Å². The molecule has 88 valence electrons. The highest BCUT2D eigenvalue weighted by atomic mass is 79.9. The van der Waals surface area contributed by atoms with Crippen LogP contribution in [0.1, 0.15) is 11.1 Å². The Bertz CT molecular complexity index is 508. The van der Waals surface area contributed by atoms with Crippen LogP contribution in [0, 0.1) is 6.92 Å². The number of hydrogen-bond acceptors (Lipinski definition) is 1. The molecule has 0 atom stereocenters. The minimum Gasteiger partial charge on any atom is -0.456 e. The van der Waals surface area contributed by atoms with Crippen molar-refractivity contribution in [1.82, 2.24) is 0 Å². The number of alkyl halides is 1. The van der Waals surface area contributed by atoms with Gasteiger partial charge in [-0.3, -0.25) is 0 Å². The van der Waals surface area contributed by atoms with Crippen LogP contribution >= 0.6 is 27.5 Å². The van der Waals surface area contributed by atoms with E-state index in [0.29, 0.717) is 5.88 Å². The fourth-order valence-corrected chi connectivity index (χ4v) is 2.12. The fraction of sp³-hybridized carbons (Fsp3) is 0.143. The summed E-state index contributed by atoms with van der Waals surface area (Å²) in [6.45, 7) is 2.05. The molecule has 0 spiro atoms. The number of benzene rings is 2. The summed E-state index contributed by atoms with van der Waals surface area (Å²) in [5, 5.41) is 0. The zero-order chi connectivity index (χ0) is 12.3. The molecule has 0 amide bonds. The van der Waals surface area contributed by atoms with E-state index in [4.69, 9.17) is 16.3 Å². The van der Waals surface area contributed by atoms with Gasteiger partial charge in [-0.2, -0.15) is 0 Å². The summed E-state index contributed by atoms with van der Waals surface area (Å²) < 4.78 is 6.69. The number of rotatable bonds is 3. The monoisotopic (exact) mass is 310 g/mol. The molecule has 2 aromatic rings.